The van der Waals surface area contributed by atoms with Crippen LogP contribution in [0.5, 0.6) is 11.5 Å². The Balaban J connectivity index is 1.65. The van der Waals surface area contributed by atoms with E-state index in [9.17, 15) is 19.8 Å². The Hall–Kier alpha value is -3.72. The SMILES string of the molecule is O=C(COCC(=O)N/N=C\c1ccccc1O)N/N=C\c1ccccc1O. The van der Waals surface area contributed by atoms with Crippen LogP contribution in [0.3, 0.4) is 0 Å². The Kier molecular flexibility index (Phi) is 7.49. The number of hydrogen-bond acceptors (Lipinski definition) is 7. The molecular weight excluding hydrogens is 352 g/mol. The summed E-state index contributed by atoms with van der Waals surface area (Å²) in [4.78, 5) is 23.1. The Morgan fingerprint density at radius 3 is 1.63 bits per heavy atom. The van der Waals surface area contributed by atoms with E-state index < -0.39 is 11.8 Å². The van der Waals surface area contributed by atoms with Crippen molar-refractivity contribution < 1.29 is 24.5 Å². The van der Waals surface area contributed by atoms with Crippen molar-refractivity contribution in [3.63, 3.8) is 0 Å². The van der Waals surface area contributed by atoms with E-state index in [2.05, 4.69) is 21.1 Å². The zero-order valence-corrected chi connectivity index (χ0v) is 14.2. The molecule has 0 saturated carbocycles. The summed E-state index contributed by atoms with van der Waals surface area (Å²) in [6, 6.07) is 13.0. The Bertz CT molecular complexity index is 782. The van der Waals surface area contributed by atoms with Crippen LogP contribution in [-0.2, 0) is 14.3 Å². The highest BCUT2D eigenvalue weighted by atomic mass is 16.5. The van der Waals surface area contributed by atoms with E-state index in [1.54, 1.807) is 36.4 Å². The number of para-hydroxylation sites is 2. The lowest BCUT2D eigenvalue weighted by Gasteiger charge is -2.03. The lowest BCUT2D eigenvalue weighted by Crippen LogP contribution is -2.28. The van der Waals surface area contributed by atoms with E-state index in [-0.39, 0.29) is 24.7 Å². The van der Waals surface area contributed by atoms with Gasteiger partial charge in [0.15, 0.2) is 0 Å². The molecule has 2 rings (SSSR count). The second-order valence-electron chi connectivity index (χ2n) is 5.20. The first-order valence-corrected chi connectivity index (χ1v) is 7.84. The van der Waals surface area contributed by atoms with Gasteiger partial charge in [-0.25, -0.2) is 10.9 Å². The quantitative estimate of drug-likeness (QED) is 0.401. The number of rotatable bonds is 8. The molecule has 0 bridgehead atoms. The summed E-state index contributed by atoms with van der Waals surface area (Å²) in [6.07, 6.45) is 2.57. The van der Waals surface area contributed by atoms with Crippen LogP contribution in [0.2, 0.25) is 0 Å². The lowest BCUT2D eigenvalue weighted by atomic mass is 10.2. The maximum atomic E-state index is 11.5. The fourth-order valence-electron chi connectivity index (χ4n) is 1.84. The molecule has 0 radical (unpaired) electrons. The van der Waals surface area contributed by atoms with Crippen molar-refractivity contribution in [2.75, 3.05) is 13.2 Å². The summed E-state index contributed by atoms with van der Waals surface area (Å²) >= 11 is 0. The number of ether oxygens (including phenoxy) is 1. The third kappa shape index (κ3) is 6.96. The van der Waals surface area contributed by atoms with Crippen LogP contribution >= 0.6 is 0 Å². The summed E-state index contributed by atoms with van der Waals surface area (Å²) in [5.74, 6) is -1.06. The highest BCUT2D eigenvalue weighted by Crippen LogP contribution is 2.13. The van der Waals surface area contributed by atoms with Crippen LogP contribution in [0.1, 0.15) is 11.1 Å². The van der Waals surface area contributed by atoms with Crippen molar-refractivity contribution in [2.24, 2.45) is 10.2 Å². The summed E-state index contributed by atoms with van der Waals surface area (Å²) in [5.41, 5.74) is 5.31. The lowest BCUT2D eigenvalue weighted by molar-refractivity contribution is -0.130. The van der Waals surface area contributed by atoms with Crippen LogP contribution in [0, 0.1) is 0 Å². The van der Waals surface area contributed by atoms with Gasteiger partial charge < -0.3 is 14.9 Å². The van der Waals surface area contributed by atoms with Gasteiger partial charge in [-0.15, -0.1) is 0 Å². The van der Waals surface area contributed by atoms with E-state index in [0.717, 1.165) is 0 Å². The number of nitrogens with zero attached hydrogens (tertiary/aromatic N) is 2. The standard InChI is InChI=1S/C18H18N4O5/c23-15-7-3-1-5-13(15)9-19-21-17(25)11-27-12-18(26)22-20-10-14-6-2-4-8-16(14)24/h1-10,23-24H,11-12H2,(H,21,25)(H,22,26)/b19-9-,20-10-. The first kappa shape index (κ1) is 19.6. The normalized spacial score (nSPS) is 11.0. The van der Waals surface area contributed by atoms with Gasteiger partial charge >= 0.3 is 0 Å². The van der Waals surface area contributed by atoms with Gasteiger partial charge in [-0.2, -0.15) is 10.2 Å². The molecular formula is C18H18N4O5. The first-order valence-electron chi connectivity index (χ1n) is 7.84. The third-order valence-electron chi connectivity index (χ3n) is 3.13. The predicted molar refractivity (Wildman–Crippen MR) is 98.5 cm³/mol. The number of nitrogens with one attached hydrogen (secondary N) is 2. The van der Waals surface area contributed by atoms with E-state index in [4.69, 9.17) is 4.74 Å². The number of carbonyl (C=O) groups excluding carboxylic acids is 2. The van der Waals surface area contributed by atoms with Gasteiger partial charge in [0.05, 0.1) is 12.4 Å². The number of phenolic OH excluding ortho intramolecular Hbond substituents is 2. The van der Waals surface area contributed by atoms with Crippen molar-refractivity contribution in [3.8, 4) is 11.5 Å². The molecule has 0 fully saturated rings. The zero-order chi connectivity index (χ0) is 19.5. The number of benzene rings is 2. The van der Waals surface area contributed by atoms with E-state index >= 15 is 0 Å². The Morgan fingerprint density at radius 2 is 1.22 bits per heavy atom. The van der Waals surface area contributed by atoms with E-state index in [0.29, 0.717) is 11.1 Å². The summed E-state index contributed by atoms with van der Waals surface area (Å²) in [5, 5.41) is 26.4. The molecule has 2 aromatic carbocycles. The van der Waals surface area contributed by atoms with E-state index in [1.807, 2.05) is 0 Å². The van der Waals surface area contributed by atoms with Crippen LogP contribution in [0.15, 0.2) is 58.7 Å². The number of phenols is 2. The molecule has 0 aromatic heterocycles. The Labute approximate surface area is 155 Å². The summed E-state index contributed by atoms with van der Waals surface area (Å²) < 4.78 is 4.94. The highest BCUT2D eigenvalue weighted by molar-refractivity contribution is 5.86. The summed E-state index contributed by atoms with van der Waals surface area (Å²) in [7, 11) is 0. The van der Waals surface area contributed by atoms with Crippen molar-refractivity contribution in [1.82, 2.24) is 10.9 Å². The second kappa shape index (κ2) is 10.3. The van der Waals surface area contributed by atoms with Gasteiger partial charge in [-0.05, 0) is 24.3 Å². The van der Waals surface area contributed by atoms with Crippen LogP contribution < -0.4 is 10.9 Å². The molecule has 2 amide bonds. The molecule has 27 heavy (non-hydrogen) atoms. The van der Waals surface area contributed by atoms with Gasteiger partial charge in [-0.3, -0.25) is 9.59 Å². The minimum Gasteiger partial charge on any atom is -0.507 e. The van der Waals surface area contributed by atoms with Crippen molar-refractivity contribution >= 4 is 24.2 Å². The fraction of sp³-hybridized carbons (Fsp3) is 0.111. The van der Waals surface area contributed by atoms with Crippen molar-refractivity contribution in [2.45, 2.75) is 0 Å². The van der Waals surface area contributed by atoms with Gasteiger partial charge in [-0.1, -0.05) is 24.3 Å². The maximum Gasteiger partial charge on any atom is 0.266 e. The average molecular weight is 370 g/mol. The molecule has 9 nitrogen and oxygen atoms in total. The third-order valence-corrected chi connectivity index (χ3v) is 3.13. The summed E-state index contributed by atoms with van der Waals surface area (Å²) in [6.45, 7) is -0.760. The zero-order valence-electron chi connectivity index (χ0n) is 14.2. The molecule has 4 N–H and O–H groups in total. The number of hydrogen-bond donors (Lipinski definition) is 4. The molecule has 0 aliphatic rings. The molecule has 0 unspecified atom stereocenters. The maximum absolute atomic E-state index is 11.5. The minimum atomic E-state index is -0.563. The van der Waals surface area contributed by atoms with Gasteiger partial charge in [0, 0.05) is 11.1 Å². The second-order valence-corrected chi connectivity index (χ2v) is 5.20. The molecule has 0 heterocycles. The van der Waals surface area contributed by atoms with Gasteiger partial charge in [0.25, 0.3) is 11.8 Å². The fourth-order valence-corrected chi connectivity index (χ4v) is 1.84. The molecule has 0 aliphatic carbocycles. The average Bonchev–Trinajstić information content (AvgIpc) is 2.65. The van der Waals surface area contributed by atoms with Crippen LogP contribution in [0.25, 0.3) is 0 Å². The minimum absolute atomic E-state index is 0.0350. The van der Waals surface area contributed by atoms with Crippen molar-refractivity contribution in [1.29, 1.82) is 0 Å². The van der Waals surface area contributed by atoms with Gasteiger partial charge in [0.1, 0.15) is 24.7 Å². The monoisotopic (exact) mass is 370 g/mol. The molecule has 0 atom stereocenters. The van der Waals surface area contributed by atoms with Crippen molar-refractivity contribution in [3.05, 3.63) is 59.7 Å². The first-order chi connectivity index (χ1) is 13.1. The topological polar surface area (TPSA) is 133 Å². The largest absolute Gasteiger partial charge is 0.507 e. The van der Waals surface area contributed by atoms with Crippen LogP contribution in [0.4, 0.5) is 0 Å². The molecule has 0 aliphatic heterocycles. The number of carbonyl (C=O) groups is 2. The molecule has 2 aromatic rings. The molecule has 0 spiro atoms. The predicted octanol–water partition coefficient (Wildman–Crippen LogP) is 0.715. The van der Waals surface area contributed by atoms with Crippen LogP contribution in [-0.4, -0.2) is 47.7 Å². The van der Waals surface area contributed by atoms with Gasteiger partial charge in [0.2, 0.25) is 0 Å². The molecule has 0 saturated heterocycles. The highest BCUT2D eigenvalue weighted by Gasteiger charge is 2.04. The smallest absolute Gasteiger partial charge is 0.266 e. The Morgan fingerprint density at radius 1 is 0.815 bits per heavy atom. The number of hydrazone groups is 2. The van der Waals surface area contributed by atoms with E-state index in [1.165, 1.54) is 24.6 Å². The number of amides is 2. The molecule has 140 valence electrons. The number of aromatic hydroxyl groups is 2. The molecule has 9 heteroatoms.